The first kappa shape index (κ1) is 15.3. The van der Waals surface area contributed by atoms with Gasteiger partial charge in [0.2, 0.25) is 0 Å². The highest BCUT2D eigenvalue weighted by Crippen LogP contribution is 2.21. The Morgan fingerprint density at radius 1 is 0.960 bits per heavy atom. The van der Waals surface area contributed by atoms with Crippen LogP contribution in [0, 0.1) is 6.92 Å². The maximum absolute atomic E-state index is 5.82. The number of pyridine rings is 2. The van der Waals surface area contributed by atoms with Crippen LogP contribution in [0.15, 0.2) is 54.7 Å². The van der Waals surface area contributed by atoms with Gasteiger partial charge in [-0.3, -0.25) is 0 Å². The maximum Gasteiger partial charge on any atom is 0.157 e. The van der Waals surface area contributed by atoms with Crippen LogP contribution in [0.3, 0.4) is 0 Å². The van der Waals surface area contributed by atoms with Gasteiger partial charge in [0.1, 0.15) is 17.2 Å². The predicted octanol–water partition coefficient (Wildman–Crippen LogP) is 3.70. The van der Waals surface area contributed by atoms with E-state index >= 15 is 0 Å². The molecule has 0 atom stereocenters. The van der Waals surface area contributed by atoms with Gasteiger partial charge in [-0.15, -0.1) is 0 Å². The molecule has 3 aromatic heterocycles. The Balaban J connectivity index is 1.57. The number of nitrogens with two attached hydrogens (primary N) is 1. The predicted molar refractivity (Wildman–Crippen MR) is 100 cm³/mol. The summed E-state index contributed by atoms with van der Waals surface area (Å²) in [6.45, 7) is 2.03. The largest absolute Gasteiger partial charge is 0.384 e. The maximum atomic E-state index is 5.82. The van der Waals surface area contributed by atoms with Crippen molar-refractivity contribution in [2.45, 2.75) is 19.8 Å². The molecular weight excluding hydrogens is 310 g/mol. The van der Waals surface area contributed by atoms with Gasteiger partial charge in [-0.1, -0.05) is 30.3 Å². The quantitative estimate of drug-likeness (QED) is 0.598. The zero-order chi connectivity index (χ0) is 17.2. The third-order valence-electron chi connectivity index (χ3n) is 4.15. The first-order valence-corrected chi connectivity index (χ1v) is 8.30. The number of aromatic nitrogens is 4. The van der Waals surface area contributed by atoms with E-state index in [1.165, 1.54) is 0 Å². The van der Waals surface area contributed by atoms with E-state index in [0.29, 0.717) is 5.82 Å². The fourth-order valence-electron chi connectivity index (χ4n) is 2.99. The van der Waals surface area contributed by atoms with Gasteiger partial charge in [0.05, 0.1) is 0 Å². The van der Waals surface area contributed by atoms with Crippen LogP contribution < -0.4 is 5.73 Å². The standard InChI is InChI=1S/C20H19N5/c1-13-9-16(23-18(21)10-13)7-8-19-24-17-11-15(12-22-20(17)25-19)14-5-3-2-4-6-14/h2-6,9-12H,7-8H2,1H3,(H2,21,23)(H,22,24,25). The number of benzene rings is 1. The summed E-state index contributed by atoms with van der Waals surface area (Å²) in [4.78, 5) is 16.9. The zero-order valence-electron chi connectivity index (χ0n) is 14.0. The van der Waals surface area contributed by atoms with Crippen molar-refractivity contribution in [2.75, 3.05) is 5.73 Å². The summed E-state index contributed by atoms with van der Waals surface area (Å²) in [5.41, 5.74) is 11.8. The number of nitrogens with zero attached hydrogens (tertiary/aromatic N) is 3. The average molecular weight is 329 g/mol. The summed E-state index contributed by atoms with van der Waals surface area (Å²) >= 11 is 0. The molecule has 0 aliphatic carbocycles. The van der Waals surface area contributed by atoms with Crippen molar-refractivity contribution >= 4 is 17.0 Å². The summed E-state index contributed by atoms with van der Waals surface area (Å²) in [7, 11) is 0. The number of imidazole rings is 1. The number of aryl methyl sites for hydroxylation is 3. The molecule has 4 rings (SSSR count). The fraction of sp³-hybridized carbons (Fsp3) is 0.150. The average Bonchev–Trinajstić information content (AvgIpc) is 3.02. The van der Waals surface area contributed by atoms with Crippen molar-refractivity contribution in [2.24, 2.45) is 0 Å². The van der Waals surface area contributed by atoms with Crippen molar-refractivity contribution in [1.82, 2.24) is 19.9 Å². The lowest BCUT2D eigenvalue weighted by Gasteiger charge is -2.02. The molecule has 0 aliphatic heterocycles. The van der Waals surface area contributed by atoms with Gasteiger partial charge in [0, 0.05) is 23.9 Å². The highest BCUT2D eigenvalue weighted by atomic mass is 15.0. The number of hydrogen-bond acceptors (Lipinski definition) is 4. The Kier molecular flexibility index (Phi) is 3.90. The molecule has 4 aromatic rings. The van der Waals surface area contributed by atoms with E-state index in [1.807, 2.05) is 37.4 Å². The van der Waals surface area contributed by atoms with Gasteiger partial charge in [0.15, 0.2) is 5.65 Å². The number of aromatic amines is 1. The fourth-order valence-corrected chi connectivity index (χ4v) is 2.99. The number of nitrogens with one attached hydrogen (secondary N) is 1. The number of nitrogen functional groups attached to an aromatic ring is 1. The van der Waals surface area contributed by atoms with Gasteiger partial charge in [-0.2, -0.15) is 0 Å². The molecule has 0 saturated carbocycles. The smallest absolute Gasteiger partial charge is 0.157 e. The second kappa shape index (κ2) is 6.36. The molecule has 0 fully saturated rings. The lowest BCUT2D eigenvalue weighted by atomic mass is 10.1. The molecule has 0 saturated heterocycles. The van der Waals surface area contributed by atoms with Gasteiger partial charge in [-0.25, -0.2) is 15.0 Å². The summed E-state index contributed by atoms with van der Waals surface area (Å²) in [5, 5.41) is 0. The number of anilines is 1. The highest BCUT2D eigenvalue weighted by molar-refractivity contribution is 5.78. The van der Waals surface area contributed by atoms with Crippen molar-refractivity contribution in [3.05, 3.63) is 71.8 Å². The van der Waals surface area contributed by atoms with Crippen molar-refractivity contribution in [1.29, 1.82) is 0 Å². The molecule has 0 radical (unpaired) electrons. The molecule has 0 bridgehead atoms. The Labute approximate surface area is 146 Å². The van der Waals surface area contributed by atoms with Crippen LogP contribution in [0.25, 0.3) is 22.3 Å². The molecule has 5 nitrogen and oxygen atoms in total. The normalized spacial score (nSPS) is 11.1. The highest BCUT2D eigenvalue weighted by Gasteiger charge is 2.07. The minimum absolute atomic E-state index is 0.564. The van der Waals surface area contributed by atoms with Crippen LogP contribution in [0.2, 0.25) is 0 Å². The monoisotopic (exact) mass is 329 g/mol. The van der Waals surface area contributed by atoms with Crippen molar-refractivity contribution < 1.29 is 0 Å². The number of hydrogen-bond donors (Lipinski definition) is 2. The van der Waals surface area contributed by atoms with Gasteiger partial charge in [-0.05, 0) is 42.7 Å². The van der Waals surface area contributed by atoms with E-state index in [9.17, 15) is 0 Å². The van der Waals surface area contributed by atoms with Crippen LogP contribution in [0.4, 0.5) is 5.82 Å². The van der Waals surface area contributed by atoms with Crippen LogP contribution in [-0.2, 0) is 12.8 Å². The van der Waals surface area contributed by atoms with E-state index in [4.69, 9.17) is 5.73 Å². The zero-order valence-corrected chi connectivity index (χ0v) is 14.0. The van der Waals surface area contributed by atoms with Crippen LogP contribution in [-0.4, -0.2) is 19.9 Å². The SMILES string of the molecule is Cc1cc(N)nc(CCc2nc3cc(-c4ccccc4)cnc3[nH]2)c1. The second-order valence-corrected chi connectivity index (χ2v) is 6.20. The molecule has 0 aliphatic rings. The summed E-state index contributed by atoms with van der Waals surface area (Å²) in [5.74, 6) is 1.48. The number of rotatable bonds is 4. The van der Waals surface area contributed by atoms with E-state index in [0.717, 1.165) is 52.2 Å². The van der Waals surface area contributed by atoms with Gasteiger partial charge < -0.3 is 10.7 Å². The molecule has 1 aromatic carbocycles. The van der Waals surface area contributed by atoms with Gasteiger partial charge >= 0.3 is 0 Å². The third-order valence-corrected chi connectivity index (χ3v) is 4.15. The molecule has 124 valence electrons. The van der Waals surface area contributed by atoms with E-state index in [1.54, 1.807) is 0 Å². The van der Waals surface area contributed by atoms with Crippen molar-refractivity contribution in [3.63, 3.8) is 0 Å². The summed E-state index contributed by atoms with van der Waals surface area (Å²) in [6, 6.07) is 16.2. The Morgan fingerprint density at radius 2 is 1.80 bits per heavy atom. The lowest BCUT2D eigenvalue weighted by Crippen LogP contribution is -2.00. The molecule has 25 heavy (non-hydrogen) atoms. The summed E-state index contributed by atoms with van der Waals surface area (Å²) < 4.78 is 0. The van der Waals surface area contributed by atoms with E-state index < -0.39 is 0 Å². The third kappa shape index (κ3) is 3.35. The van der Waals surface area contributed by atoms with Crippen molar-refractivity contribution in [3.8, 4) is 11.1 Å². The minimum Gasteiger partial charge on any atom is -0.384 e. The number of H-pyrrole nitrogens is 1. The van der Waals surface area contributed by atoms with Crippen LogP contribution >= 0.6 is 0 Å². The van der Waals surface area contributed by atoms with Gasteiger partial charge in [0.25, 0.3) is 0 Å². The minimum atomic E-state index is 0.564. The molecule has 3 N–H and O–H groups in total. The Bertz CT molecular complexity index is 1000. The first-order chi connectivity index (χ1) is 12.2. The lowest BCUT2D eigenvalue weighted by molar-refractivity contribution is 0.860. The van der Waals surface area contributed by atoms with E-state index in [-0.39, 0.29) is 0 Å². The molecule has 0 spiro atoms. The molecule has 5 heteroatoms. The molecule has 3 heterocycles. The number of fused-ring (bicyclic) bond motifs is 1. The summed E-state index contributed by atoms with van der Waals surface area (Å²) in [6.07, 6.45) is 3.44. The topological polar surface area (TPSA) is 80.5 Å². The van der Waals surface area contributed by atoms with Crippen LogP contribution in [0.5, 0.6) is 0 Å². The first-order valence-electron chi connectivity index (χ1n) is 8.30. The Hall–Kier alpha value is -3.21. The molecular formula is C20H19N5. The molecule has 0 unspecified atom stereocenters. The van der Waals surface area contributed by atoms with E-state index in [2.05, 4.69) is 44.2 Å². The molecule has 0 amide bonds. The second-order valence-electron chi connectivity index (χ2n) is 6.20. The Morgan fingerprint density at radius 3 is 2.60 bits per heavy atom. The van der Waals surface area contributed by atoms with Crippen LogP contribution in [0.1, 0.15) is 17.1 Å².